The van der Waals surface area contributed by atoms with Crippen LogP contribution in [0, 0.1) is 0 Å². The van der Waals surface area contributed by atoms with Gasteiger partial charge in [-0.25, -0.2) is 0 Å². The molecule has 2 aromatic carbocycles. The maximum atomic E-state index is 13.2. The zero-order chi connectivity index (χ0) is 21.1. The van der Waals surface area contributed by atoms with Gasteiger partial charge in [0.15, 0.2) is 0 Å². The van der Waals surface area contributed by atoms with E-state index in [9.17, 15) is 9.59 Å². The number of nitrogens with one attached hydrogen (secondary N) is 2. The highest BCUT2D eigenvalue weighted by molar-refractivity contribution is 6.30. The number of hydrogen-bond donors (Lipinski definition) is 2. The number of carbonyl (C=O) groups excluding carboxylic acids is 1. The second-order valence-corrected chi connectivity index (χ2v) is 8.32. The fraction of sp³-hybridized carbons (Fsp3) is 0.333. The number of amides is 1. The Morgan fingerprint density at radius 2 is 1.87 bits per heavy atom. The molecule has 3 aromatic rings. The number of fused-ring (bicyclic) bond motifs is 1. The lowest BCUT2D eigenvalue weighted by Crippen LogP contribution is -2.43. The normalized spacial score (nSPS) is 15.3. The summed E-state index contributed by atoms with van der Waals surface area (Å²) in [5.41, 5.74) is 1.76. The highest BCUT2D eigenvalue weighted by atomic mass is 35.5. The molecule has 0 aliphatic heterocycles. The van der Waals surface area contributed by atoms with Crippen LogP contribution in [0.1, 0.15) is 36.8 Å². The van der Waals surface area contributed by atoms with Crippen LogP contribution in [0.5, 0.6) is 5.75 Å². The number of ether oxygens (including phenoxy) is 1. The molecule has 1 aromatic heterocycles. The summed E-state index contributed by atoms with van der Waals surface area (Å²) >= 11 is 6.03. The molecule has 30 heavy (non-hydrogen) atoms. The molecule has 4 rings (SSSR count). The van der Waals surface area contributed by atoms with E-state index in [2.05, 4.69) is 10.3 Å². The largest absolute Gasteiger partial charge is 0.497 e. The molecule has 0 atom stereocenters. The van der Waals surface area contributed by atoms with Crippen LogP contribution >= 0.6 is 11.6 Å². The standard InChI is InChI=1S/C24H25ClN2O3/c1-30-20-9-4-16-14-17(22(28)27-21(16)15-20)10-13-26-23(29)24(11-2-3-12-24)18-5-7-19(25)8-6-18/h4-9,14-15H,2-3,10-13H2,1H3,(H,26,29)(H,27,28). The van der Waals surface area contributed by atoms with Crippen molar-refractivity contribution in [1.82, 2.24) is 10.3 Å². The average Bonchev–Trinajstić information content (AvgIpc) is 3.25. The minimum atomic E-state index is -0.503. The van der Waals surface area contributed by atoms with E-state index in [1.165, 1.54) is 0 Å². The first-order chi connectivity index (χ1) is 14.5. The van der Waals surface area contributed by atoms with E-state index >= 15 is 0 Å². The molecular weight excluding hydrogens is 400 g/mol. The molecule has 156 valence electrons. The van der Waals surface area contributed by atoms with Gasteiger partial charge in [-0.3, -0.25) is 9.59 Å². The summed E-state index contributed by atoms with van der Waals surface area (Å²) in [6, 6.07) is 15.1. The van der Waals surface area contributed by atoms with Crippen LogP contribution in [0.2, 0.25) is 5.02 Å². The predicted molar refractivity (Wildman–Crippen MR) is 119 cm³/mol. The van der Waals surface area contributed by atoms with Crippen molar-refractivity contribution in [2.75, 3.05) is 13.7 Å². The van der Waals surface area contributed by atoms with Crippen molar-refractivity contribution >= 4 is 28.4 Å². The molecule has 0 unspecified atom stereocenters. The topological polar surface area (TPSA) is 71.2 Å². The number of pyridine rings is 1. The molecule has 1 aliphatic rings. The smallest absolute Gasteiger partial charge is 0.251 e. The van der Waals surface area contributed by atoms with Gasteiger partial charge in [-0.05, 0) is 60.5 Å². The van der Waals surface area contributed by atoms with Crippen LogP contribution in [-0.2, 0) is 16.6 Å². The molecule has 1 heterocycles. The Bertz CT molecular complexity index is 1120. The third kappa shape index (κ3) is 3.94. The van der Waals surface area contributed by atoms with Gasteiger partial charge in [-0.15, -0.1) is 0 Å². The lowest BCUT2D eigenvalue weighted by molar-refractivity contribution is -0.126. The predicted octanol–water partition coefficient (Wildman–Crippen LogP) is 4.36. The number of carbonyl (C=O) groups is 1. The van der Waals surface area contributed by atoms with Gasteiger partial charge in [0.25, 0.3) is 5.56 Å². The van der Waals surface area contributed by atoms with Crippen LogP contribution in [0.15, 0.2) is 53.3 Å². The molecule has 0 saturated heterocycles. The van der Waals surface area contributed by atoms with Crippen molar-refractivity contribution in [2.24, 2.45) is 0 Å². The van der Waals surface area contributed by atoms with Crippen molar-refractivity contribution in [2.45, 2.75) is 37.5 Å². The number of halogens is 1. The van der Waals surface area contributed by atoms with Gasteiger partial charge in [0.2, 0.25) is 5.91 Å². The average molecular weight is 425 g/mol. The Morgan fingerprint density at radius 3 is 2.57 bits per heavy atom. The Hall–Kier alpha value is -2.79. The number of aromatic amines is 1. The summed E-state index contributed by atoms with van der Waals surface area (Å²) in [5.74, 6) is 0.728. The molecule has 5 nitrogen and oxygen atoms in total. The van der Waals surface area contributed by atoms with E-state index in [-0.39, 0.29) is 11.5 Å². The van der Waals surface area contributed by atoms with E-state index in [4.69, 9.17) is 16.3 Å². The molecule has 0 spiro atoms. The SMILES string of the molecule is COc1ccc2cc(CCNC(=O)C3(c4ccc(Cl)cc4)CCCC3)c(=O)[nH]c2c1. The summed E-state index contributed by atoms with van der Waals surface area (Å²) in [5, 5.41) is 4.68. The molecule has 0 bridgehead atoms. The minimum Gasteiger partial charge on any atom is -0.497 e. The summed E-state index contributed by atoms with van der Waals surface area (Å²) < 4.78 is 5.21. The zero-order valence-corrected chi connectivity index (χ0v) is 17.7. The first-order valence-electron chi connectivity index (χ1n) is 10.3. The third-order valence-electron chi connectivity index (χ3n) is 6.10. The third-order valence-corrected chi connectivity index (χ3v) is 6.35. The lowest BCUT2D eigenvalue weighted by atomic mass is 9.78. The molecule has 1 fully saturated rings. The van der Waals surface area contributed by atoms with E-state index in [0.717, 1.165) is 42.1 Å². The first kappa shape index (κ1) is 20.5. The summed E-state index contributed by atoms with van der Waals surface area (Å²) in [6.45, 7) is 0.416. The quantitative estimate of drug-likeness (QED) is 0.617. The molecule has 1 amide bonds. The van der Waals surface area contributed by atoms with Gasteiger partial charge >= 0.3 is 0 Å². The fourth-order valence-electron chi connectivity index (χ4n) is 4.41. The number of benzene rings is 2. The van der Waals surface area contributed by atoms with Gasteiger partial charge in [0, 0.05) is 23.2 Å². The van der Waals surface area contributed by atoms with Crippen LogP contribution in [0.25, 0.3) is 10.9 Å². The minimum absolute atomic E-state index is 0.0317. The summed E-state index contributed by atoms with van der Waals surface area (Å²) in [7, 11) is 1.59. The molecule has 0 radical (unpaired) electrons. The van der Waals surface area contributed by atoms with Crippen molar-refractivity contribution in [3.8, 4) is 5.75 Å². The second-order valence-electron chi connectivity index (χ2n) is 7.88. The number of methoxy groups -OCH3 is 1. The van der Waals surface area contributed by atoms with E-state index in [1.807, 2.05) is 42.5 Å². The maximum Gasteiger partial charge on any atom is 0.251 e. The molecule has 1 saturated carbocycles. The molecule has 2 N–H and O–H groups in total. The van der Waals surface area contributed by atoms with Gasteiger partial charge in [-0.2, -0.15) is 0 Å². The van der Waals surface area contributed by atoms with Gasteiger partial charge < -0.3 is 15.0 Å². The zero-order valence-electron chi connectivity index (χ0n) is 17.0. The van der Waals surface area contributed by atoms with Crippen molar-refractivity contribution in [3.05, 3.63) is 75.0 Å². The highest BCUT2D eigenvalue weighted by Crippen LogP contribution is 2.41. The maximum absolute atomic E-state index is 13.2. The number of aromatic nitrogens is 1. The number of hydrogen-bond acceptors (Lipinski definition) is 3. The van der Waals surface area contributed by atoms with E-state index in [0.29, 0.717) is 29.3 Å². The lowest BCUT2D eigenvalue weighted by Gasteiger charge is -2.28. The van der Waals surface area contributed by atoms with Crippen molar-refractivity contribution in [3.63, 3.8) is 0 Å². The van der Waals surface area contributed by atoms with Crippen molar-refractivity contribution < 1.29 is 9.53 Å². The Morgan fingerprint density at radius 1 is 1.13 bits per heavy atom. The summed E-state index contributed by atoms with van der Waals surface area (Å²) in [4.78, 5) is 28.5. The number of rotatable bonds is 6. The highest BCUT2D eigenvalue weighted by Gasteiger charge is 2.42. The van der Waals surface area contributed by atoms with Gasteiger partial charge in [-0.1, -0.05) is 36.6 Å². The van der Waals surface area contributed by atoms with Crippen molar-refractivity contribution in [1.29, 1.82) is 0 Å². The van der Waals surface area contributed by atoms with Crippen LogP contribution in [0.4, 0.5) is 0 Å². The Labute approximate surface area is 180 Å². The number of H-pyrrole nitrogens is 1. The molecule has 6 heteroatoms. The Kier molecular flexibility index (Phi) is 5.82. The fourth-order valence-corrected chi connectivity index (χ4v) is 4.54. The monoisotopic (exact) mass is 424 g/mol. The first-order valence-corrected chi connectivity index (χ1v) is 10.6. The molecular formula is C24H25ClN2O3. The summed E-state index contributed by atoms with van der Waals surface area (Å²) in [6.07, 6.45) is 4.20. The van der Waals surface area contributed by atoms with Crippen LogP contribution < -0.4 is 15.6 Å². The van der Waals surface area contributed by atoms with Gasteiger partial charge in [0.1, 0.15) is 5.75 Å². The van der Waals surface area contributed by atoms with Crippen LogP contribution in [-0.4, -0.2) is 24.5 Å². The van der Waals surface area contributed by atoms with E-state index < -0.39 is 5.41 Å². The Balaban J connectivity index is 1.48. The second kappa shape index (κ2) is 8.52. The van der Waals surface area contributed by atoms with Gasteiger partial charge in [0.05, 0.1) is 18.0 Å². The molecule has 1 aliphatic carbocycles. The van der Waals surface area contributed by atoms with E-state index in [1.54, 1.807) is 13.2 Å². The van der Waals surface area contributed by atoms with Crippen LogP contribution in [0.3, 0.4) is 0 Å².